The van der Waals surface area contributed by atoms with Crippen LogP contribution in [0.2, 0.25) is 0 Å². The Bertz CT molecular complexity index is 595. The third-order valence-electron chi connectivity index (χ3n) is 2.56. The molecule has 5 heteroatoms. The van der Waals surface area contributed by atoms with Crippen LogP contribution < -0.4 is 0 Å². The maximum absolute atomic E-state index is 9.15. The molecule has 0 saturated heterocycles. The van der Waals surface area contributed by atoms with E-state index in [2.05, 4.69) is 15.2 Å². The summed E-state index contributed by atoms with van der Waals surface area (Å²) in [6.07, 6.45) is 6.50. The molecule has 5 nitrogen and oxygen atoms in total. The SMILES string of the molecule is ON1C=CC(=C2N=NC(c3ccccc3)=N2)C=C1. The normalized spacial score (nSPS) is 17.6. The number of hydroxylamine groups is 2. The van der Waals surface area contributed by atoms with E-state index < -0.39 is 0 Å². The highest BCUT2D eigenvalue weighted by atomic mass is 16.5. The van der Waals surface area contributed by atoms with Gasteiger partial charge in [-0.15, -0.1) is 10.2 Å². The van der Waals surface area contributed by atoms with Crippen LogP contribution >= 0.6 is 0 Å². The van der Waals surface area contributed by atoms with Gasteiger partial charge in [0.25, 0.3) is 0 Å². The zero-order chi connectivity index (χ0) is 12.4. The first-order valence-electron chi connectivity index (χ1n) is 5.47. The van der Waals surface area contributed by atoms with E-state index in [9.17, 15) is 0 Å². The fourth-order valence-corrected chi connectivity index (χ4v) is 1.64. The number of hydrogen-bond acceptors (Lipinski definition) is 5. The Morgan fingerprint density at radius 1 is 0.944 bits per heavy atom. The largest absolute Gasteiger partial charge is 0.285 e. The van der Waals surface area contributed by atoms with Gasteiger partial charge in [-0.25, -0.2) is 10.1 Å². The lowest BCUT2D eigenvalue weighted by molar-refractivity contribution is 0.0105. The number of aliphatic imine (C=N–C) groups is 1. The molecule has 0 amide bonds. The zero-order valence-electron chi connectivity index (χ0n) is 9.43. The molecule has 0 unspecified atom stereocenters. The smallest absolute Gasteiger partial charge is 0.184 e. The van der Waals surface area contributed by atoms with Crippen molar-refractivity contribution >= 4 is 5.84 Å². The van der Waals surface area contributed by atoms with E-state index in [1.54, 1.807) is 12.2 Å². The van der Waals surface area contributed by atoms with E-state index in [0.717, 1.165) is 16.2 Å². The van der Waals surface area contributed by atoms with Gasteiger partial charge in [0.2, 0.25) is 0 Å². The number of nitrogens with zero attached hydrogens (tertiary/aromatic N) is 4. The molecular formula is C13H10N4O. The molecule has 2 aliphatic heterocycles. The lowest BCUT2D eigenvalue weighted by atomic mass is 10.2. The number of rotatable bonds is 1. The summed E-state index contributed by atoms with van der Waals surface area (Å²) in [5.74, 6) is 1.15. The molecule has 1 N–H and O–H groups in total. The summed E-state index contributed by atoms with van der Waals surface area (Å²) in [5, 5.41) is 18.2. The van der Waals surface area contributed by atoms with Crippen LogP contribution in [-0.4, -0.2) is 16.1 Å². The molecule has 88 valence electrons. The Morgan fingerprint density at radius 3 is 2.39 bits per heavy atom. The monoisotopic (exact) mass is 238 g/mol. The van der Waals surface area contributed by atoms with Gasteiger partial charge in [-0.1, -0.05) is 30.3 Å². The molecule has 2 heterocycles. The molecule has 0 bridgehead atoms. The summed E-state index contributed by atoms with van der Waals surface area (Å²) in [7, 11) is 0. The number of amidine groups is 1. The summed E-state index contributed by atoms with van der Waals surface area (Å²) < 4.78 is 0. The second-order valence-electron chi connectivity index (χ2n) is 3.79. The van der Waals surface area contributed by atoms with Crippen molar-refractivity contribution in [1.82, 2.24) is 5.06 Å². The second kappa shape index (κ2) is 4.38. The molecule has 0 atom stereocenters. The third-order valence-corrected chi connectivity index (χ3v) is 2.56. The predicted molar refractivity (Wildman–Crippen MR) is 66.8 cm³/mol. The summed E-state index contributed by atoms with van der Waals surface area (Å²) in [5.41, 5.74) is 1.75. The van der Waals surface area contributed by atoms with Crippen LogP contribution in [0.4, 0.5) is 0 Å². The average molecular weight is 238 g/mol. The van der Waals surface area contributed by atoms with Crippen LogP contribution in [0.3, 0.4) is 0 Å². The molecule has 1 aromatic carbocycles. The highest BCUT2D eigenvalue weighted by Gasteiger charge is 2.13. The van der Waals surface area contributed by atoms with Gasteiger partial charge in [0.05, 0.1) is 0 Å². The van der Waals surface area contributed by atoms with Gasteiger partial charge in [0.1, 0.15) is 0 Å². The van der Waals surface area contributed by atoms with Gasteiger partial charge < -0.3 is 0 Å². The van der Waals surface area contributed by atoms with Gasteiger partial charge in [-0.05, 0) is 12.2 Å². The first kappa shape index (κ1) is 10.6. The molecule has 0 spiro atoms. The van der Waals surface area contributed by atoms with Crippen LogP contribution in [0.25, 0.3) is 0 Å². The van der Waals surface area contributed by atoms with Crippen molar-refractivity contribution in [2.24, 2.45) is 15.2 Å². The topological polar surface area (TPSA) is 60.5 Å². The molecule has 0 radical (unpaired) electrons. The number of azo groups is 1. The van der Waals surface area contributed by atoms with Crippen LogP contribution in [-0.2, 0) is 0 Å². The highest BCUT2D eigenvalue weighted by Crippen LogP contribution is 2.21. The Labute approximate surface area is 104 Å². The molecule has 3 rings (SSSR count). The zero-order valence-corrected chi connectivity index (χ0v) is 9.43. The molecular weight excluding hydrogens is 228 g/mol. The van der Waals surface area contributed by atoms with Crippen LogP contribution in [0.15, 0.2) is 81.5 Å². The van der Waals surface area contributed by atoms with E-state index in [0.29, 0.717) is 11.7 Å². The lowest BCUT2D eigenvalue weighted by Crippen LogP contribution is -2.04. The van der Waals surface area contributed by atoms with Gasteiger partial charge in [0, 0.05) is 23.5 Å². The molecule has 0 saturated carbocycles. The van der Waals surface area contributed by atoms with Crippen molar-refractivity contribution in [2.75, 3.05) is 0 Å². The molecule has 2 aliphatic rings. The van der Waals surface area contributed by atoms with Gasteiger partial charge in [0.15, 0.2) is 11.7 Å². The fraction of sp³-hybridized carbons (Fsp3) is 0. The van der Waals surface area contributed by atoms with Gasteiger partial charge >= 0.3 is 0 Å². The molecule has 18 heavy (non-hydrogen) atoms. The van der Waals surface area contributed by atoms with E-state index in [1.807, 2.05) is 30.3 Å². The number of hydrogen-bond donors (Lipinski definition) is 1. The van der Waals surface area contributed by atoms with Crippen molar-refractivity contribution in [2.45, 2.75) is 0 Å². The highest BCUT2D eigenvalue weighted by molar-refractivity contribution is 6.00. The summed E-state index contributed by atoms with van der Waals surface area (Å²) in [4.78, 5) is 4.37. The Kier molecular flexibility index (Phi) is 2.59. The van der Waals surface area contributed by atoms with E-state index >= 15 is 0 Å². The lowest BCUT2D eigenvalue weighted by Gasteiger charge is -2.09. The maximum atomic E-state index is 9.15. The molecule has 0 fully saturated rings. The Balaban J connectivity index is 1.94. The number of allylic oxidation sites excluding steroid dienone is 3. The van der Waals surface area contributed by atoms with Crippen molar-refractivity contribution in [3.05, 3.63) is 71.8 Å². The van der Waals surface area contributed by atoms with Gasteiger partial charge in [-0.3, -0.25) is 5.21 Å². The standard InChI is InChI=1S/C13H10N4O/c18-17-8-6-11(7-9-17)13-14-12(15-16-13)10-4-2-1-3-5-10/h1-9,18H. The van der Waals surface area contributed by atoms with E-state index in [-0.39, 0.29) is 0 Å². The summed E-state index contributed by atoms with van der Waals surface area (Å²) in [6.45, 7) is 0. The second-order valence-corrected chi connectivity index (χ2v) is 3.79. The molecule has 0 aliphatic carbocycles. The van der Waals surface area contributed by atoms with Crippen molar-refractivity contribution < 1.29 is 5.21 Å². The minimum Gasteiger partial charge on any atom is -0.285 e. The van der Waals surface area contributed by atoms with Crippen LogP contribution in [0.5, 0.6) is 0 Å². The minimum atomic E-state index is 0.550. The summed E-state index contributed by atoms with van der Waals surface area (Å²) >= 11 is 0. The maximum Gasteiger partial charge on any atom is 0.184 e. The first-order chi connectivity index (χ1) is 8.83. The number of benzene rings is 1. The third kappa shape index (κ3) is 1.99. The van der Waals surface area contributed by atoms with Crippen molar-refractivity contribution in [3.63, 3.8) is 0 Å². The molecule has 1 aromatic rings. The Hall–Kier alpha value is -2.53. The van der Waals surface area contributed by atoms with Gasteiger partial charge in [-0.2, -0.15) is 0 Å². The average Bonchev–Trinajstić information content (AvgIpc) is 2.90. The quantitative estimate of drug-likeness (QED) is 0.817. The first-order valence-corrected chi connectivity index (χ1v) is 5.47. The summed E-state index contributed by atoms with van der Waals surface area (Å²) in [6, 6.07) is 9.68. The van der Waals surface area contributed by atoms with Crippen molar-refractivity contribution in [3.8, 4) is 0 Å². The fourth-order valence-electron chi connectivity index (χ4n) is 1.64. The Morgan fingerprint density at radius 2 is 1.67 bits per heavy atom. The van der Waals surface area contributed by atoms with Crippen LogP contribution in [0, 0.1) is 0 Å². The van der Waals surface area contributed by atoms with Crippen LogP contribution in [0.1, 0.15) is 5.56 Å². The van der Waals surface area contributed by atoms with E-state index in [4.69, 9.17) is 5.21 Å². The van der Waals surface area contributed by atoms with Crippen molar-refractivity contribution in [1.29, 1.82) is 0 Å². The van der Waals surface area contributed by atoms with E-state index in [1.165, 1.54) is 12.4 Å². The molecule has 0 aromatic heterocycles. The minimum absolute atomic E-state index is 0.550. The predicted octanol–water partition coefficient (Wildman–Crippen LogP) is 2.84.